The number of para-hydroxylation sites is 1. The molecule has 3 aromatic heterocycles. The van der Waals surface area contributed by atoms with Gasteiger partial charge in [-0.25, -0.2) is 9.97 Å². The van der Waals surface area contributed by atoms with Crippen LogP contribution in [0.2, 0.25) is 0 Å². The number of methoxy groups -OCH3 is 1. The lowest BCUT2D eigenvalue weighted by Crippen LogP contribution is -2.09. The van der Waals surface area contributed by atoms with Gasteiger partial charge in [0.25, 0.3) is 0 Å². The van der Waals surface area contributed by atoms with Gasteiger partial charge in [-0.05, 0) is 54.5 Å². The van der Waals surface area contributed by atoms with E-state index in [4.69, 9.17) is 18.9 Å². The second-order valence-electron chi connectivity index (χ2n) is 9.48. The molecule has 0 amide bonds. The maximum atomic E-state index is 6.20. The molecular weight excluding hydrogens is 494 g/mol. The molecule has 38 heavy (non-hydrogen) atoms. The fourth-order valence-corrected chi connectivity index (χ4v) is 5.13. The smallest absolute Gasteiger partial charge is 0.134 e. The first-order chi connectivity index (χ1) is 18.6. The van der Waals surface area contributed by atoms with Crippen molar-refractivity contribution in [2.45, 2.75) is 44.4 Å². The highest BCUT2D eigenvalue weighted by atomic mass is 32.2. The molecule has 2 aromatic carbocycles. The van der Waals surface area contributed by atoms with Crippen LogP contribution in [0.5, 0.6) is 5.75 Å². The van der Waals surface area contributed by atoms with Crippen molar-refractivity contribution in [1.82, 2.24) is 14.5 Å². The first-order valence-corrected chi connectivity index (χ1v) is 14.1. The number of aryl methyl sites for hydroxylation is 1. The average Bonchev–Trinajstić information content (AvgIpc) is 3.56. The van der Waals surface area contributed by atoms with Crippen molar-refractivity contribution in [2.75, 3.05) is 20.0 Å². The van der Waals surface area contributed by atoms with Crippen LogP contribution < -0.4 is 4.74 Å². The summed E-state index contributed by atoms with van der Waals surface area (Å²) in [5, 5.41) is 2.03. The molecule has 0 bridgehead atoms. The zero-order chi connectivity index (χ0) is 26.5. The van der Waals surface area contributed by atoms with Gasteiger partial charge in [0.05, 0.1) is 29.3 Å². The minimum Gasteiger partial charge on any atom is -0.493 e. The Bertz CT molecular complexity index is 1520. The zero-order valence-electron chi connectivity index (χ0n) is 22.3. The van der Waals surface area contributed by atoms with Crippen molar-refractivity contribution in [3.63, 3.8) is 0 Å². The Kier molecular flexibility index (Phi) is 8.15. The van der Waals surface area contributed by atoms with Crippen LogP contribution in [0.15, 0.2) is 82.6 Å². The highest BCUT2D eigenvalue weighted by Gasteiger charge is 2.21. The number of hydrogen-bond acceptors (Lipinski definition) is 6. The Labute approximate surface area is 228 Å². The monoisotopic (exact) mass is 527 g/mol. The van der Waals surface area contributed by atoms with Crippen molar-refractivity contribution >= 4 is 22.7 Å². The van der Waals surface area contributed by atoms with E-state index in [1.54, 1.807) is 25.1 Å². The maximum absolute atomic E-state index is 6.20. The third kappa shape index (κ3) is 5.49. The van der Waals surface area contributed by atoms with Crippen molar-refractivity contribution in [3.8, 4) is 28.3 Å². The molecule has 0 saturated carbocycles. The summed E-state index contributed by atoms with van der Waals surface area (Å²) < 4.78 is 19.7. The number of benzene rings is 2. The molecule has 3 heterocycles. The molecule has 0 aliphatic carbocycles. The SMILES string of the molecule is COCn1c(CCCOc2ccccc2C(C)C)nc(-c2ccc3ccoc3c2)c1-c1ccnc(SC)c1. The molecule has 0 spiro atoms. The summed E-state index contributed by atoms with van der Waals surface area (Å²) >= 11 is 1.62. The Morgan fingerprint density at radius 2 is 1.89 bits per heavy atom. The van der Waals surface area contributed by atoms with E-state index in [0.29, 0.717) is 19.3 Å². The number of aromatic nitrogens is 3. The van der Waals surface area contributed by atoms with Crippen molar-refractivity contribution in [1.29, 1.82) is 0 Å². The van der Waals surface area contributed by atoms with Crippen LogP contribution >= 0.6 is 11.8 Å². The number of fused-ring (bicyclic) bond motifs is 1. The summed E-state index contributed by atoms with van der Waals surface area (Å²) in [6, 6.07) is 20.6. The van der Waals surface area contributed by atoms with E-state index in [1.165, 1.54) is 5.56 Å². The van der Waals surface area contributed by atoms with E-state index in [-0.39, 0.29) is 0 Å². The lowest BCUT2D eigenvalue weighted by molar-refractivity contribution is 0.129. The average molecular weight is 528 g/mol. The zero-order valence-corrected chi connectivity index (χ0v) is 23.1. The summed E-state index contributed by atoms with van der Waals surface area (Å²) in [6.45, 7) is 5.38. The van der Waals surface area contributed by atoms with E-state index < -0.39 is 0 Å². The molecule has 7 heteroatoms. The number of pyridine rings is 1. The van der Waals surface area contributed by atoms with Crippen LogP contribution in [0.4, 0.5) is 0 Å². The fourth-order valence-electron chi connectivity index (χ4n) is 4.72. The molecule has 0 unspecified atom stereocenters. The molecule has 0 fully saturated rings. The van der Waals surface area contributed by atoms with Gasteiger partial charge in [0.1, 0.15) is 23.9 Å². The Balaban J connectivity index is 1.49. The molecule has 6 nitrogen and oxygen atoms in total. The van der Waals surface area contributed by atoms with Crippen LogP contribution in [0.3, 0.4) is 0 Å². The minimum atomic E-state index is 0.397. The van der Waals surface area contributed by atoms with Gasteiger partial charge in [0.15, 0.2) is 0 Å². The lowest BCUT2D eigenvalue weighted by Gasteiger charge is -2.14. The van der Waals surface area contributed by atoms with E-state index >= 15 is 0 Å². The molecule has 0 aliphatic rings. The van der Waals surface area contributed by atoms with Gasteiger partial charge in [0.2, 0.25) is 0 Å². The Morgan fingerprint density at radius 3 is 2.71 bits per heavy atom. The summed E-state index contributed by atoms with van der Waals surface area (Å²) in [5.41, 5.74) is 6.04. The maximum Gasteiger partial charge on any atom is 0.134 e. The van der Waals surface area contributed by atoms with Crippen molar-refractivity contribution in [2.24, 2.45) is 0 Å². The van der Waals surface area contributed by atoms with E-state index in [2.05, 4.69) is 65.9 Å². The largest absolute Gasteiger partial charge is 0.493 e. The third-order valence-corrected chi connectivity index (χ3v) is 7.24. The van der Waals surface area contributed by atoms with E-state index in [1.807, 2.05) is 30.7 Å². The van der Waals surface area contributed by atoms with Crippen LogP contribution in [0.25, 0.3) is 33.5 Å². The topological polar surface area (TPSA) is 62.3 Å². The van der Waals surface area contributed by atoms with Gasteiger partial charge < -0.3 is 18.5 Å². The number of imidazole rings is 1. The molecule has 196 valence electrons. The highest BCUT2D eigenvalue weighted by molar-refractivity contribution is 7.98. The normalized spacial score (nSPS) is 11.5. The standard InChI is InChI=1S/C31H33N3O3S/c1-21(2)25-8-5-6-9-26(25)36-16-7-10-28-33-30(23-12-11-22-14-17-37-27(22)18-23)31(34(28)20-35-3)24-13-15-32-29(19-24)38-4/h5-6,8-9,11-15,17-19,21H,7,10,16,20H2,1-4H3. The van der Waals surface area contributed by atoms with Crippen LogP contribution in [-0.2, 0) is 17.9 Å². The van der Waals surface area contributed by atoms with Crippen molar-refractivity contribution in [3.05, 3.63) is 84.5 Å². The van der Waals surface area contributed by atoms with E-state index in [0.717, 1.165) is 62.9 Å². The first kappa shape index (κ1) is 26.1. The summed E-state index contributed by atoms with van der Waals surface area (Å²) in [5.74, 6) is 2.33. The predicted octanol–water partition coefficient (Wildman–Crippen LogP) is 7.82. The number of rotatable bonds is 11. The molecule has 5 rings (SSSR count). The Morgan fingerprint density at radius 1 is 1.03 bits per heavy atom. The van der Waals surface area contributed by atoms with Gasteiger partial charge in [-0.15, -0.1) is 11.8 Å². The molecule has 0 radical (unpaired) electrons. The summed E-state index contributed by atoms with van der Waals surface area (Å²) in [6.07, 6.45) is 7.19. The summed E-state index contributed by atoms with van der Waals surface area (Å²) in [7, 11) is 1.72. The van der Waals surface area contributed by atoms with Gasteiger partial charge in [-0.1, -0.05) is 44.2 Å². The number of nitrogens with zero attached hydrogens (tertiary/aromatic N) is 3. The number of furan rings is 1. The number of hydrogen-bond donors (Lipinski definition) is 0. The summed E-state index contributed by atoms with van der Waals surface area (Å²) in [4.78, 5) is 9.65. The second kappa shape index (κ2) is 11.9. The molecule has 0 saturated heterocycles. The molecule has 0 N–H and O–H groups in total. The van der Waals surface area contributed by atoms with Crippen LogP contribution in [0, 0.1) is 0 Å². The van der Waals surface area contributed by atoms with Crippen LogP contribution in [0.1, 0.15) is 37.6 Å². The van der Waals surface area contributed by atoms with Crippen LogP contribution in [-0.4, -0.2) is 34.5 Å². The predicted molar refractivity (Wildman–Crippen MR) is 154 cm³/mol. The van der Waals surface area contributed by atoms with Gasteiger partial charge in [-0.3, -0.25) is 0 Å². The second-order valence-corrected chi connectivity index (χ2v) is 10.3. The lowest BCUT2D eigenvalue weighted by atomic mass is 10.0. The molecule has 0 aliphatic heterocycles. The van der Waals surface area contributed by atoms with Gasteiger partial charge in [0, 0.05) is 36.2 Å². The molecule has 5 aromatic rings. The number of ether oxygens (including phenoxy) is 2. The van der Waals surface area contributed by atoms with Gasteiger partial charge >= 0.3 is 0 Å². The Hall–Kier alpha value is -3.55. The first-order valence-electron chi connectivity index (χ1n) is 12.9. The van der Waals surface area contributed by atoms with Crippen molar-refractivity contribution < 1.29 is 13.9 Å². The highest BCUT2D eigenvalue weighted by Crippen LogP contribution is 2.36. The quantitative estimate of drug-likeness (QED) is 0.129. The number of thioether (sulfide) groups is 1. The molecular formula is C31H33N3O3S. The van der Waals surface area contributed by atoms with E-state index in [9.17, 15) is 0 Å². The fraction of sp³-hybridized carbons (Fsp3) is 0.290. The third-order valence-electron chi connectivity index (χ3n) is 6.60. The van der Waals surface area contributed by atoms with Gasteiger partial charge in [-0.2, -0.15) is 0 Å². The molecule has 0 atom stereocenters. The minimum absolute atomic E-state index is 0.397.